The van der Waals surface area contributed by atoms with Gasteiger partial charge in [-0.05, 0) is 0 Å². The summed E-state index contributed by atoms with van der Waals surface area (Å²) in [4.78, 5) is 28.6. The van der Waals surface area contributed by atoms with Crippen LogP contribution in [0.1, 0.15) is 12.5 Å². The molecular weight excluding hydrogens is 226 g/mol. The minimum atomic E-state index is -0.401. The number of nitrogens with two attached hydrogens (primary N) is 1. The third-order valence-electron chi connectivity index (χ3n) is 2.24. The van der Waals surface area contributed by atoms with Gasteiger partial charge >= 0.3 is 5.97 Å². The molecular formula is C9H11N5O3. The SMILES string of the molecule is CC(=O)OCCc1c(N)n2ncnc2[nH]c1=O. The minimum Gasteiger partial charge on any atom is -0.466 e. The lowest BCUT2D eigenvalue weighted by Gasteiger charge is -2.05. The molecule has 0 aliphatic rings. The van der Waals surface area contributed by atoms with E-state index in [1.165, 1.54) is 17.8 Å². The van der Waals surface area contributed by atoms with Crippen molar-refractivity contribution in [1.29, 1.82) is 0 Å². The highest BCUT2D eigenvalue weighted by atomic mass is 16.5. The number of carbonyl (C=O) groups is 1. The molecule has 0 aliphatic heterocycles. The Kier molecular flexibility index (Phi) is 2.77. The van der Waals surface area contributed by atoms with Crippen LogP contribution in [0, 0.1) is 0 Å². The van der Waals surface area contributed by atoms with Crippen molar-refractivity contribution in [2.75, 3.05) is 12.3 Å². The molecule has 8 heteroatoms. The van der Waals surface area contributed by atoms with E-state index in [0.717, 1.165) is 0 Å². The molecule has 0 spiro atoms. The van der Waals surface area contributed by atoms with Crippen LogP contribution in [-0.4, -0.2) is 32.2 Å². The van der Waals surface area contributed by atoms with Crippen molar-refractivity contribution in [2.24, 2.45) is 0 Å². The Morgan fingerprint density at radius 2 is 2.41 bits per heavy atom. The summed E-state index contributed by atoms with van der Waals surface area (Å²) in [5.41, 5.74) is 5.75. The lowest BCUT2D eigenvalue weighted by molar-refractivity contribution is -0.140. The number of ether oxygens (including phenoxy) is 1. The van der Waals surface area contributed by atoms with Gasteiger partial charge in [0.15, 0.2) is 0 Å². The average molecular weight is 237 g/mol. The number of nitrogens with one attached hydrogen (secondary N) is 1. The van der Waals surface area contributed by atoms with Crippen LogP contribution < -0.4 is 11.3 Å². The summed E-state index contributed by atoms with van der Waals surface area (Å²) >= 11 is 0. The highest BCUT2D eigenvalue weighted by molar-refractivity contribution is 5.65. The molecule has 2 aromatic heterocycles. The van der Waals surface area contributed by atoms with Gasteiger partial charge in [0.2, 0.25) is 5.78 Å². The molecule has 2 rings (SSSR count). The van der Waals surface area contributed by atoms with Crippen molar-refractivity contribution in [3.05, 3.63) is 22.2 Å². The first-order valence-electron chi connectivity index (χ1n) is 4.93. The van der Waals surface area contributed by atoms with Crippen LogP contribution in [0.15, 0.2) is 11.1 Å². The topological polar surface area (TPSA) is 115 Å². The summed E-state index contributed by atoms with van der Waals surface area (Å²) in [5, 5.41) is 3.87. The van der Waals surface area contributed by atoms with E-state index in [0.29, 0.717) is 5.56 Å². The fourth-order valence-electron chi connectivity index (χ4n) is 1.46. The highest BCUT2D eigenvalue weighted by Crippen LogP contribution is 2.07. The van der Waals surface area contributed by atoms with Crippen LogP contribution in [-0.2, 0) is 16.0 Å². The second-order valence-electron chi connectivity index (χ2n) is 3.40. The smallest absolute Gasteiger partial charge is 0.302 e. The molecule has 3 N–H and O–H groups in total. The first-order valence-corrected chi connectivity index (χ1v) is 4.93. The summed E-state index contributed by atoms with van der Waals surface area (Å²) < 4.78 is 6.08. The van der Waals surface area contributed by atoms with Crippen LogP contribution in [0.5, 0.6) is 0 Å². The monoisotopic (exact) mass is 237 g/mol. The predicted octanol–water partition coefficient (Wildman–Crippen LogP) is -0.895. The van der Waals surface area contributed by atoms with Gasteiger partial charge in [-0.15, -0.1) is 0 Å². The summed E-state index contributed by atoms with van der Waals surface area (Å²) in [6.07, 6.45) is 1.52. The third kappa shape index (κ3) is 2.10. The van der Waals surface area contributed by atoms with Crippen molar-refractivity contribution in [2.45, 2.75) is 13.3 Å². The Morgan fingerprint density at radius 1 is 1.65 bits per heavy atom. The maximum absolute atomic E-state index is 11.7. The second kappa shape index (κ2) is 4.24. The van der Waals surface area contributed by atoms with Gasteiger partial charge in [0.1, 0.15) is 12.1 Å². The van der Waals surface area contributed by atoms with Gasteiger partial charge in [-0.25, -0.2) is 0 Å². The van der Waals surface area contributed by atoms with Crippen molar-refractivity contribution in [3.63, 3.8) is 0 Å². The molecule has 17 heavy (non-hydrogen) atoms. The summed E-state index contributed by atoms with van der Waals surface area (Å²) in [6.45, 7) is 1.40. The number of aromatic amines is 1. The normalized spacial score (nSPS) is 10.6. The average Bonchev–Trinajstić information content (AvgIpc) is 2.70. The molecule has 2 aromatic rings. The van der Waals surface area contributed by atoms with E-state index < -0.39 is 5.97 Å². The molecule has 0 bridgehead atoms. The Morgan fingerprint density at radius 3 is 3.12 bits per heavy atom. The second-order valence-corrected chi connectivity index (χ2v) is 3.40. The van der Waals surface area contributed by atoms with Crippen molar-refractivity contribution in [1.82, 2.24) is 19.6 Å². The Bertz CT molecular complexity index is 615. The number of H-pyrrole nitrogens is 1. The standard InChI is InChI=1S/C9H11N5O3/c1-5(15)17-3-2-6-7(10)14-9(11-4-12-14)13-8(6)16/h4H,2-3,10H2,1H3,(H,11,12,13,16). The Labute approximate surface area is 95.4 Å². The lowest BCUT2D eigenvalue weighted by Crippen LogP contribution is -2.21. The summed E-state index contributed by atoms with van der Waals surface area (Å²) in [7, 11) is 0. The molecule has 0 saturated heterocycles. The minimum absolute atomic E-state index is 0.100. The van der Waals surface area contributed by atoms with Gasteiger partial charge in [0.25, 0.3) is 5.56 Å². The van der Waals surface area contributed by atoms with Crippen LogP contribution in [0.25, 0.3) is 5.78 Å². The largest absolute Gasteiger partial charge is 0.466 e. The van der Waals surface area contributed by atoms with E-state index in [-0.39, 0.29) is 30.2 Å². The zero-order chi connectivity index (χ0) is 12.4. The maximum Gasteiger partial charge on any atom is 0.302 e. The van der Waals surface area contributed by atoms with E-state index in [2.05, 4.69) is 15.1 Å². The number of anilines is 1. The summed E-state index contributed by atoms with van der Waals surface area (Å²) in [5.74, 6) is 0.0824. The molecule has 0 amide bonds. The van der Waals surface area contributed by atoms with E-state index in [4.69, 9.17) is 10.5 Å². The van der Waals surface area contributed by atoms with Gasteiger partial charge in [0.05, 0.1) is 12.2 Å². The van der Waals surface area contributed by atoms with Gasteiger partial charge in [-0.2, -0.15) is 14.6 Å². The quantitative estimate of drug-likeness (QED) is 0.669. The van der Waals surface area contributed by atoms with E-state index >= 15 is 0 Å². The van der Waals surface area contributed by atoms with Crippen molar-refractivity contribution < 1.29 is 9.53 Å². The van der Waals surface area contributed by atoms with Crippen LogP contribution in [0.4, 0.5) is 5.82 Å². The van der Waals surface area contributed by atoms with E-state index in [1.54, 1.807) is 0 Å². The van der Waals surface area contributed by atoms with Gasteiger partial charge < -0.3 is 10.5 Å². The molecule has 2 heterocycles. The zero-order valence-corrected chi connectivity index (χ0v) is 9.14. The lowest BCUT2D eigenvalue weighted by atomic mass is 10.2. The van der Waals surface area contributed by atoms with Crippen LogP contribution >= 0.6 is 0 Å². The summed E-state index contributed by atoms with van der Waals surface area (Å²) in [6, 6.07) is 0. The number of esters is 1. The molecule has 0 atom stereocenters. The molecule has 0 fully saturated rings. The Balaban J connectivity index is 2.32. The zero-order valence-electron chi connectivity index (χ0n) is 9.14. The van der Waals surface area contributed by atoms with Gasteiger partial charge in [0, 0.05) is 13.3 Å². The van der Waals surface area contributed by atoms with E-state index in [9.17, 15) is 9.59 Å². The molecule has 0 aromatic carbocycles. The number of hydrogen-bond acceptors (Lipinski definition) is 6. The van der Waals surface area contributed by atoms with E-state index in [1.807, 2.05) is 0 Å². The molecule has 0 radical (unpaired) electrons. The number of hydrogen-bond donors (Lipinski definition) is 2. The molecule has 90 valence electrons. The number of nitrogen functional groups attached to an aromatic ring is 1. The molecule has 0 unspecified atom stereocenters. The Hall–Kier alpha value is -2.38. The van der Waals surface area contributed by atoms with Crippen molar-refractivity contribution >= 4 is 17.6 Å². The fourth-order valence-corrected chi connectivity index (χ4v) is 1.46. The number of rotatable bonds is 3. The first kappa shape index (κ1) is 11.1. The van der Waals surface area contributed by atoms with Gasteiger partial charge in [-0.3, -0.25) is 14.6 Å². The fraction of sp³-hybridized carbons (Fsp3) is 0.333. The first-order chi connectivity index (χ1) is 8.09. The molecule has 0 saturated carbocycles. The highest BCUT2D eigenvalue weighted by Gasteiger charge is 2.11. The van der Waals surface area contributed by atoms with Crippen LogP contribution in [0.2, 0.25) is 0 Å². The predicted molar refractivity (Wildman–Crippen MR) is 58.4 cm³/mol. The number of fused-ring (bicyclic) bond motifs is 1. The molecule has 0 aliphatic carbocycles. The number of nitrogens with zero attached hydrogens (tertiary/aromatic N) is 3. The molecule has 8 nitrogen and oxygen atoms in total. The van der Waals surface area contributed by atoms with Gasteiger partial charge in [-0.1, -0.05) is 0 Å². The van der Waals surface area contributed by atoms with Crippen LogP contribution in [0.3, 0.4) is 0 Å². The number of aromatic nitrogens is 4. The third-order valence-corrected chi connectivity index (χ3v) is 2.24. The van der Waals surface area contributed by atoms with Crippen molar-refractivity contribution in [3.8, 4) is 0 Å². The number of carbonyl (C=O) groups excluding carboxylic acids is 1. The maximum atomic E-state index is 11.7.